The van der Waals surface area contributed by atoms with Crippen molar-refractivity contribution in [2.24, 2.45) is 29.6 Å². The molecule has 1 amide bonds. The smallest absolute Gasteiger partial charge is 0.460 e. The Labute approximate surface area is 492 Å². The van der Waals surface area contributed by atoms with Crippen LogP contribution >= 0.6 is 0 Å². The van der Waals surface area contributed by atoms with Crippen LogP contribution in [0, 0.1) is 29.6 Å². The zero-order valence-electron chi connectivity index (χ0n) is 54.0. The van der Waals surface area contributed by atoms with Gasteiger partial charge in [-0.2, -0.15) is 0 Å². The van der Waals surface area contributed by atoms with Crippen LogP contribution in [-0.4, -0.2) is 141 Å². The molecule has 0 aromatic heterocycles. The van der Waals surface area contributed by atoms with Crippen molar-refractivity contribution in [1.82, 2.24) is 4.90 Å². The maximum atomic E-state index is 14.8. The second-order valence-electron chi connectivity index (χ2n) is 25.7. The summed E-state index contributed by atoms with van der Waals surface area (Å²) in [6.07, 6.45) is 4.34. The van der Waals surface area contributed by atoms with E-state index in [9.17, 15) is 24.0 Å². The van der Waals surface area contributed by atoms with E-state index < -0.39 is 89.1 Å². The van der Waals surface area contributed by atoms with E-state index in [1.54, 1.807) is 35.0 Å². The summed E-state index contributed by atoms with van der Waals surface area (Å²) in [5, 5.41) is 0. The summed E-state index contributed by atoms with van der Waals surface area (Å²) in [7, 11) is -1.48. The third-order valence-corrected chi connectivity index (χ3v) is 28.7. The minimum atomic E-state index is -2.58. The fraction of sp³-hybridized carbons (Fsp3) is 0.825. The topological polar surface area (TPSA) is 181 Å². The predicted octanol–water partition coefficient (Wildman–Crippen LogP) is 15.1. The number of ether oxygens (including phenoxy) is 8. The molecule has 1 aliphatic carbocycles. The number of methoxy groups -OCH3 is 2. The number of amides is 1. The van der Waals surface area contributed by atoms with Gasteiger partial charge in [0.15, 0.2) is 8.32 Å². The molecule has 13 atom stereocenters. The van der Waals surface area contributed by atoms with Gasteiger partial charge < -0.3 is 51.5 Å². The molecule has 18 heteroatoms. The van der Waals surface area contributed by atoms with Crippen molar-refractivity contribution in [3.63, 3.8) is 0 Å². The van der Waals surface area contributed by atoms with Crippen LogP contribution in [0.3, 0.4) is 0 Å². The molecule has 0 aromatic carbocycles. The third-order valence-electron chi connectivity index (χ3n) is 17.4. The minimum absolute atomic E-state index is 0.0426. The molecule has 0 radical (unpaired) electrons. The molecule has 1 aliphatic heterocycles. The van der Waals surface area contributed by atoms with Crippen LogP contribution in [0.4, 0.5) is 14.4 Å². The molecule has 1 saturated heterocycles. The van der Waals surface area contributed by atoms with Gasteiger partial charge in [-0.1, -0.05) is 128 Å². The molecule has 0 aromatic rings. The molecular formula is C63H113NO15Si2. The molecule has 468 valence electrons. The minimum Gasteiger partial charge on any atom is -0.460 e. The summed E-state index contributed by atoms with van der Waals surface area (Å²) in [5.74, 6) is -1.91. The second-order valence-corrected chi connectivity index (χ2v) is 36.1. The van der Waals surface area contributed by atoms with Crippen LogP contribution < -0.4 is 0 Å². The van der Waals surface area contributed by atoms with Gasteiger partial charge in [-0.25, -0.2) is 19.2 Å². The van der Waals surface area contributed by atoms with Crippen molar-refractivity contribution in [2.75, 3.05) is 34.0 Å². The maximum absolute atomic E-state index is 14.8. The summed E-state index contributed by atoms with van der Waals surface area (Å²) >= 11 is 0. The van der Waals surface area contributed by atoms with E-state index in [0.717, 1.165) is 49.6 Å². The van der Waals surface area contributed by atoms with Gasteiger partial charge in [0.05, 0.1) is 18.3 Å². The van der Waals surface area contributed by atoms with Crippen LogP contribution in [0.2, 0.25) is 34.3 Å². The van der Waals surface area contributed by atoms with Gasteiger partial charge in [0, 0.05) is 39.0 Å². The van der Waals surface area contributed by atoms with Gasteiger partial charge in [-0.3, -0.25) is 4.90 Å². The number of likely N-dealkylation sites (tertiary alicyclic amines) is 1. The average molecular weight is 1180 g/mol. The van der Waals surface area contributed by atoms with E-state index in [4.69, 9.17) is 46.7 Å². The quantitative estimate of drug-likeness (QED) is 0.0195. The van der Waals surface area contributed by atoms with Crippen molar-refractivity contribution in [2.45, 2.75) is 271 Å². The zero-order chi connectivity index (χ0) is 61.6. The molecule has 0 N–H and O–H groups in total. The fourth-order valence-corrected chi connectivity index (χ4v) is 22.2. The first-order valence-corrected chi connectivity index (χ1v) is 35.1. The Hall–Kier alpha value is -3.56. The first-order valence-electron chi connectivity index (χ1n) is 30.6. The zero-order valence-corrected chi connectivity index (χ0v) is 56.0. The Bertz CT molecular complexity index is 1950. The van der Waals surface area contributed by atoms with Gasteiger partial charge in [0.2, 0.25) is 8.32 Å². The fourth-order valence-electron chi connectivity index (χ4n) is 13.0. The van der Waals surface area contributed by atoms with Crippen molar-refractivity contribution in [3.05, 3.63) is 37.0 Å². The molecule has 2 fully saturated rings. The second kappa shape index (κ2) is 35.0. The number of carbonyl (C=O) groups is 5. The number of carbonyl (C=O) groups excluding carboxylic acids is 5. The Balaban J connectivity index is 2.89. The van der Waals surface area contributed by atoms with E-state index in [1.165, 1.54) is 17.1 Å². The molecule has 81 heavy (non-hydrogen) atoms. The Morgan fingerprint density at radius 1 is 0.704 bits per heavy atom. The molecule has 1 saturated carbocycles. The molecule has 0 bridgehead atoms. The van der Waals surface area contributed by atoms with Crippen molar-refractivity contribution in [3.8, 4) is 0 Å². The highest BCUT2D eigenvalue weighted by Crippen LogP contribution is 2.46. The van der Waals surface area contributed by atoms with Crippen molar-refractivity contribution < 1.29 is 70.7 Å². The Morgan fingerprint density at radius 2 is 1.28 bits per heavy atom. The van der Waals surface area contributed by atoms with Crippen LogP contribution in [-0.2, 0) is 56.3 Å². The molecular weight excluding hydrogens is 1070 g/mol. The van der Waals surface area contributed by atoms with Gasteiger partial charge >= 0.3 is 24.4 Å². The monoisotopic (exact) mass is 1180 g/mol. The van der Waals surface area contributed by atoms with Crippen LogP contribution in [0.15, 0.2) is 37.0 Å². The number of hydrogen-bond acceptors (Lipinski definition) is 15. The van der Waals surface area contributed by atoms with Crippen LogP contribution in [0.1, 0.15) is 182 Å². The van der Waals surface area contributed by atoms with E-state index in [-0.39, 0.29) is 61.1 Å². The normalized spacial score (nSPS) is 21.9. The van der Waals surface area contributed by atoms with Gasteiger partial charge in [0.1, 0.15) is 55.6 Å². The standard InChI is InChI=1S/C63H113NO15Si2/c1-23-33-72-61(68)75-54(46(14)36-49(17)57(79-80(25-3,26-4)41(5)6)58(71-22)56(48(16)35-45(13)40-65)76-62(69)73-34-24-2)39-53(74-59(66)51-29-27-28-32-64(51)60(67)77-63(18,19)20)47(15)37-50-30-31-52(55(38-50)70-21)78-81(42(7)8,43(9)10)44(11)12/h23-24,36,40-48,50-58H,1-2,25-35,37-39H2,3-22H3/b49-36+/t45-,46+,47+,48+,50-,51-,52+,53-,54-,55+,56+,57+,58-/m0/s1. The van der Waals surface area contributed by atoms with Crippen molar-refractivity contribution >= 4 is 47.3 Å². The van der Waals surface area contributed by atoms with Gasteiger partial charge in [-0.15, -0.1) is 0 Å². The number of nitrogens with zero attached hydrogens (tertiary/aromatic N) is 1. The van der Waals surface area contributed by atoms with E-state index in [2.05, 4.69) is 89.3 Å². The van der Waals surface area contributed by atoms with Crippen LogP contribution in [0.25, 0.3) is 0 Å². The lowest BCUT2D eigenvalue weighted by molar-refractivity contribution is -0.162. The SMILES string of the molecule is C=CCOC(=O)O[C@@H]([C@H](OC)[C@H](O[Si](CC)(CC)C(C)C)/C(C)=C/[C@@H](C)[C@H](C[C@H](OC(=O)[C@@H]1CCCCN1C(=O)OC(C)(C)C)[C@H](C)C[C@@H]1CC[C@@H](O[Si](C(C)C)(C(C)C)C(C)C)[C@H](OC)C1)OC(=O)OCC=C)[C@H](C)C[C@H](C)C=O. The predicted molar refractivity (Wildman–Crippen MR) is 325 cm³/mol. The summed E-state index contributed by atoms with van der Waals surface area (Å²) in [6.45, 7) is 45.1. The number of esters is 1. The largest absolute Gasteiger partial charge is 0.508 e. The number of aldehydes is 1. The lowest BCUT2D eigenvalue weighted by atomic mass is 9.78. The highest BCUT2D eigenvalue weighted by Gasteiger charge is 2.50. The highest BCUT2D eigenvalue weighted by molar-refractivity contribution is 6.77. The van der Waals surface area contributed by atoms with E-state index in [0.29, 0.717) is 48.9 Å². The average Bonchev–Trinajstić information content (AvgIpc) is 3.51. The molecule has 2 aliphatic rings. The summed E-state index contributed by atoms with van der Waals surface area (Å²) in [6, 6.07) is 0.691. The summed E-state index contributed by atoms with van der Waals surface area (Å²) in [5.41, 5.74) is 1.39. The molecule has 1 heterocycles. The van der Waals surface area contributed by atoms with Gasteiger partial charge in [0.25, 0.3) is 0 Å². The Morgan fingerprint density at radius 3 is 1.78 bits per heavy atom. The van der Waals surface area contributed by atoms with Crippen molar-refractivity contribution in [1.29, 1.82) is 0 Å². The number of hydrogen-bond donors (Lipinski definition) is 0. The lowest BCUT2D eigenvalue weighted by Gasteiger charge is -2.48. The number of rotatable bonds is 34. The van der Waals surface area contributed by atoms with E-state index >= 15 is 0 Å². The molecule has 0 unspecified atom stereocenters. The molecule has 2 rings (SSSR count). The first-order chi connectivity index (χ1) is 38.0. The summed E-state index contributed by atoms with van der Waals surface area (Å²) in [4.78, 5) is 69.2. The molecule has 16 nitrogen and oxygen atoms in total. The van der Waals surface area contributed by atoms with E-state index in [1.807, 2.05) is 33.8 Å². The number of piperidine rings is 1. The summed E-state index contributed by atoms with van der Waals surface area (Å²) < 4.78 is 63.3. The maximum Gasteiger partial charge on any atom is 0.508 e. The molecule has 0 spiro atoms. The van der Waals surface area contributed by atoms with Gasteiger partial charge in [-0.05, 0) is 137 Å². The first kappa shape index (κ1) is 73.5. The highest BCUT2D eigenvalue weighted by atomic mass is 28.4. The lowest BCUT2D eigenvalue weighted by Crippen LogP contribution is -2.53. The third kappa shape index (κ3) is 21.8. The van der Waals surface area contributed by atoms with Crippen LogP contribution in [0.5, 0.6) is 0 Å². The Kier molecular flexibility index (Phi) is 31.8.